The van der Waals surface area contributed by atoms with Gasteiger partial charge in [-0.3, -0.25) is 4.79 Å². The highest BCUT2D eigenvalue weighted by atomic mass is 16.5. The summed E-state index contributed by atoms with van der Waals surface area (Å²) < 4.78 is 11.3. The van der Waals surface area contributed by atoms with Crippen molar-refractivity contribution in [2.75, 3.05) is 24.4 Å². The number of carbonyl (C=O) groups is 1. The van der Waals surface area contributed by atoms with Crippen molar-refractivity contribution >= 4 is 17.2 Å². The topological polar surface area (TPSA) is 59.6 Å². The van der Waals surface area contributed by atoms with E-state index in [4.69, 9.17) is 9.47 Å². The van der Waals surface area contributed by atoms with E-state index in [2.05, 4.69) is 60.0 Å². The van der Waals surface area contributed by atoms with Crippen LogP contribution in [0.3, 0.4) is 0 Å². The van der Waals surface area contributed by atoms with Crippen LogP contribution in [0.1, 0.15) is 55.3 Å². The minimum atomic E-state index is -0.199. The lowest BCUT2D eigenvalue weighted by Gasteiger charge is -2.30. The summed E-state index contributed by atoms with van der Waals surface area (Å²) in [6.45, 7) is 4.68. The van der Waals surface area contributed by atoms with Crippen molar-refractivity contribution in [3.8, 4) is 11.5 Å². The number of allylic oxidation sites excluding steroid dienone is 1. The van der Waals surface area contributed by atoms with Crippen LogP contribution in [0.15, 0.2) is 78.0 Å². The van der Waals surface area contributed by atoms with Crippen molar-refractivity contribution in [1.29, 1.82) is 0 Å². The first kappa shape index (κ1) is 23.0. The number of rotatable bonds is 6. The zero-order chi connectivity index (χ0) is 24.4. The quantitative estimate of drug-likeness (QED) is 0.425. The van der Waals surface area contributed by atoms with E-state index in [1.54, 1.807) is 7.11 Å². The minimum Gasteiger partial charge on any atom is -0.493 e. The summed E-state index contributed by atoms with van der Waals surface area (Å²) in [6, 6.07) is 22.6. The Morgan fingerprint density at radius 3 is 2.34 bits per heavy atom. The van der Waals surface area contributed by atoms with Crippen LogP contribution in [-0.2, 0) is 11.2 Å². The minimum absolute atomic E-state index is 0.0618. The molecule has 5 nitrogen and oxygen atoms in total. The number of ketones is 1. The number of nitrogens with one attached hydrogen (secondary N) is 2. The predicted molar refractivity (Wildman–Crippen MR) is 140 cm³/mol. The number of fused-ring (bicyclic) bond motifs is 1. The van der Waals surface area contributed by atoms with Crippen molar-refractivity contribution in [2.24, 2.45) is 0 Å². The van der Waals surface area contributed by atoms with Crippen LogP contribution in [0.25, 0.3) is 0 Å². The molecule has 35 heavy (non-hydrogen) atoms. The monoisotopic (exact) mass is 468 g/mol. The second-order valence-electron chi connectivity index (χ2n) is 9.11. The van der Waals surface area contributed by atoms with E-state index in [0.29, 0.717) is 18.8 Å². The maximum atomic E-state index is 13.8. The molecule has 0 radical (unpaired) electrons. The number of methoxy groups -OCH3 is 1. The Labute approximate surface area is 207 Å². The molecule has 5 heteroatoms. The van der Waals surface area contributed by atoms with E-state index in [1.807, 2.05) is 31.2 Å². The number of aryl methyl sites for hydroxylation is 1. The lowest BCUT2D eigenvalue weighted by atomic mass is 9.78. The van der Waals surface area contributed by atoms with Crippen molar-refractivity contribution < 1.29 is 14.3 Å². The van der Waals surface area contributed by atoms with Gasteiger partial charge in [0.05, 0.1) is 31.1 Å². The largest absolute Gasteiger partial charge is 0.493 e. The van der Waals surface area contributed by atoms with Crippen molar-refractivity contribution in [3.63, 3.8) is 0 Å². The van der Waals surface area contributed by atoms with Gasteiger partial charge in [-0.05, 0) is 66.6 Å². The third kappa shape index (κ3) is 4.51. The lowest BCUT2D eigenvalue weighted by Crippen LogP contribution is -2.26. The molecule has 2 N–H and O–H groups in total. The lowest BCUT2D eigenvalue weighted by molar-refractivity contribution is -0.116. The van der Waals surface area contributed by atoms with Gasteiger partial charge in [0.1, 0.15) is 0 Å². The summed E-state index contributed by atoms with van der Waals surface area (Å²) in [5, 5.41) is 7.27. The third-order valence-corrected chi connectivity index (χ3v) is 6.99. The first-order valence-electron chi connectivity index (χ1n) is 12.4. The standard InChI is InChI=1S/C30H32N2O3/c1-4-19-10-12-20(13-11-19)30-29-25(31-23-8-6-7-9-24(23)32-30)16-22(17-26(29)33)21-14-15-27(35-5-2)28(18-21)34-3/h6-15,18,22,30-32H,4-5,16-17H2,1-3H3/t22-,30+/m1/s1. The van der Waals surface area contributed by atoms with Crippen molar-refractivity contribution in [3.05, 3.63) is 94.7 Å². The molecule has 1 aliphatic carbocycles. The van der Waals surface area contributed by atoms with Crippen LogP contribution >= 0.6 is 0 Å². The smallest absolute Gasteiger partial charge is 0.163 e. The van der Waals surface area contributed by atoms with Gasteiger partial charge in [-0.2, -0.15) is 0 Å². The summed E-state index contributed by atoms with van der Waals surface area (Å²) in [5.74, 6) is 1.65. The van der Waals surface area contributed by atoms with E-state index in [1.165, 1.54) is 5.56 Å². The molecule has 3 aromatic carbocycles. The molecule has 2 atom stereocenters. The molecule has 180 valence electrons. The van der Waals surface area contributed by atoms with Gasteiger partial charge in [-0.15, -0.1) is 0 Å². The van der Waals surface area contributed by atoms with E-state index >= 15 is 0 Å². The number of hydrogen-bond acceptors (Lipinski definition) is 5. The number of benzene rings is 3. The van der Waals surface area contributed by atoms with E-state index in [9.17, 15) is 4.79 Å². The highest BCUT2D eigenvalue weighted by Crippen LogP contribution is 2.45. The maximum absolute atomic E-state index is 13.8. The van der Waals surface area contributed by atoms with Gasteiger partial charge >= 0.3 is 0 Å². The van der Waals surface area contributed by atoms with E-state index < -0.39 is 0 Å². The fraction of sp³-hybridized carbons (Fsp3) is 0.300. The Morgan fingerprint density at radius 2 is 1.63 bits per heavy atom. The molecule has 0 saturated heterocycles. The molecule has 0 aromatic heterocycles. The normalized spacial score (nSPS) is 19.1. The van der Waals surface area contributed by atoms with Gasteiger partial charge < -0.3 is 20.1 Å². The number of hydrogen-bond donors (Lipinski definition) is 2. The Balaban J connectivity index is 1.55. The average Bonchev–Trinajstić information content (AvgIpc) is 3.06. The van der Waals surface area contributed by atoms with Gasteiger partial charge in [0.25, 0.3) is 0 Å². The molecular weight excluding hydrogens is 436 g/mol. The predicted octanol–water partition coefficient (Wildman–Crippen LogP) is 6.64. The average molecular weight is 469 g/mol. The van der Waals surface area contributed by atoms with Crippen LogP contribution in [0, 0.1) is 0 Å². The Morgan fingerprint density at radius 1 is 0.886 bits per heavy atom. The molecule has 2 aliphatic rings. The number of Topliss-reactive ketones (excluding diaryl/α,β-unsaturated/α-hetero) is 1. The molecule has 0 fully saturated rings. The van der Waals surface area contributed by atoms with Crippen LogP contribution < -0.4 is 20.1 Å². The molecule has 0 saturated carbocycles. The van der Waals surface area contributed by atoms with Gasteiger partial charge in [-0.1, -0.05) is 49.4 Å². The van der Waals surface area contributed by atoms with Crippen LogP contribution in [0.5, 0.6) is 11.5 Å². The zero-order valence-corrected chi connectivity index (χ0v) is 20.6. The number of ether oxygens (including phenoxy) is 2. The molecule has 1 heterocycles. The van der Waals surface area contributed by atoms with Crippen LogP contribution in [0.4, 0.5) is 11.4 Å². The first-order valence-corrected chi connectivity index (χ1v) is 12.4. The molecule has 0 bridgehead atoms. The van der Waals surface area contributed by atoms with Crippen molar-refractivity contribution in [1.82, 2.24) is 0 Å². The Kier molecular flexibility index (Phi) is 6.49. The summed E-state index contributed by atoms with van der Waals surface area (Å²) >= 11 is 0. The molecule has 3 aromatic rings. The van der Waals surface area contributed by atoms with Gasteiger partial charge in [0.15, 0.2) is 17.3 Å². The fourth-order valence-corrected chi connectivity index (χ4v) is 5.14. The summed E-state index contributed by atoms with van der Waals surface area (Å²) in [5.41, 5.74) is 7.28. The second kappa shape index (κ2) is 9.87. The molecule has 1 aliphatic heterocycles. The summed E-state index contributed by atoms with van der Waals surface area (Å²) in [7, 11) is 1.65. The van der Waals surface area contributed by atoms with Crippen LogP contribution in [0.2, 0.25) is 0 Å². The van der Waals surface area contributed by atoms with Gasteiger partial charge in [0.2, 0.25) is 0 Å². The molecule has 0 amide bonds. The Bertz CT molecular complexity index is 1260. The van der Waals surface area contributed by atoms with Crippen molar-refractivity contribution in [2.45, 2.75) is 45.1 Å². The molecule has 0 spiro atoms. The first-order chi connectivity index (χ1) is 17.1. The molecule has 5 rings (SSSR count). The highest BCUT2D eigenvalue weighted by Gasteiger charge is 2.36. The van der Waals surface area contributed by atoms with E-state index in [0.717, 1.165) is 52.4 Å². The zero-order valence-electron chi connectivity index (χ0n) is 20.6. The van der Waals surface area contributed by atoms with Gasteiger partial charge in [0, 0.05) is 17.7 Å². The summed E-state index contributed by atoms with van der Waals surface area (Å²) in [4.78, 5) is 13.8. The highest BCUT2D eigenvalue weighted by molar-refractivity contribution is 6.01. The maximum Gasteiger partial charge on any atom is 0.163 e. The summed E-state index contributed by atoms with van der Waals surface area (Å²) in [6.07, 6.45) is 2.19. The third-order valence-electron chi connectivity index (χ3n) is 6.99. The Hall–Kier alpha value is -3.73. The van der Waals surface area contributed by atoms with Crippen LogP contribution in [-0.4, -0.2) is 19.5 Å². The SMILES string of the molecule is CCOc1ccc([C@H]2CC(=O)C3=C(C2)Nc2ccccc2N[C@H]3c2ccc(CC)cc2)cc1OC. The number of carbonyl (C=O) groups excluding carboxylic acids is 1. The molecular formula is C30H32N2O3. The number of anilines is 2. The fourth-order valence-electron chi connectivity index (χ4n) is 5.14. The second-order valence-corrected chi connectivity index (χ2v) is 9.11. The number of para-hydroxylation sites is 2. The molecule has 0 unspecified atom stereocenters. The van der Waals surface area contributed by atoms with E-state index in [-0.39, 0.29) is 17.7 Å². The van der Waals surface area contributed by atoms with Gasteiger partial charge in [-0.25, -0.2) is 0 Å².